The van der Waals surface area contributed by atoms with E-state index in [9.17, 15) is 13.2 Å². The molecule has 3 atom stereocenters. The Hall–Kier alpha value is -0.740. The lowest BCUT2D eigenvalue weighted by Gasteiger charge is -2.41. The Kier molecular flexibility index (Phi) is 5.99. The van der Waals surface area contributed by atoms with E-state index in [1.165, 1.54) is 8.61 Å². The van der Waals surface area contributed by atoms with Gasteiger partial charge in [-0.15, -0.1) is 0 Å². The van der Waals surface area contributed by atoms with Crippen LogP contribution in [0.25, 0.3) is 0 Å². The molecule has 0 spiro atoms. The van der Waals surface area contributed by atoms with Crippen LogP contribution in [0.5, 0.6) is 0 Å². The summed E-state index contributed by atoms with van der Waals surface area (Å²) in [5.74, 6) is 0.116. The first-order valence-corrected chi connectivity index (χ1v) is 10.7. The number of hydrogen-bond acceptors (Lipinski definition) is 5. The van der Waals surface area contributed by atoms with Gasteiger partial charge in [0, 0.05) is 39.3 Å². The van der Waals surface area contributed by atoms with Crippen LogP contribution in [0.15, 0.2) is 0 Å². The number of ether oxygens (including phenoxy) is 1. The summed E-state index contributed by atoms with van der Waals surface area (Å²) in [6.45, 7) is 7.10. The highest BCUT2D eigenvalue weighted by Crippen LogP contribution is 2.19. The third kappa shape index (κ3) is 4.33. The number of hydrogen-bond donors (Lipinski definition) is 1. The SMILES string of the molecule is CC1CN(S(=O)(=O)N2CCN(C(=O)C3CCCCN3)CC2)CC(C)O1. The molecule has 144 valence electrons. The van der Waals surface area contributed by atoms with Crippen molar-refractivity contribution in [2.75, 3.05) is 45.8 Å². The van der Waals surface area contributed by atoms with Crippen molar-refractivity contribution in [2.24, 2.45) is 0 Å². The van der Waals surface area contributed by atoms with Gasteiger partial charge in [0.2, 0.25) is 5.91 Å². The van der Waals surface area contributed by atoms with Gasteiger partial charge in [0.05, 0.1) is 18.2 Å². The predicted molar refractivity (Wildman–Crippen MR) is 94.3 cm³/mol. The fourth-order valence-electron chi connectivity index (χ4n) is 3.90. The highest BCUT2D eigenvalue weighted by Gasteiger charge is 2.38. The number of carbonyl (C=O) groups is 1. The molecule has 0 radical (unpaired) electrons. The first-order valence-electron chi connectivity index (χ1n) is 9.31. The van der Waals surface area contributed by atoms with E-state index in [4.69, 9.17) is 4.74 Å². The number of nitrogens with zero attached hydrogens (tertiary/aromatic N) is 3. The number of carbonyl (C=O) groups excluding carboxylic acids is 1. The minimum Gasteiger partial charge on any atom is -0.373 e. The van der Waals surface area contributed by atoms with Crippen molar-refractivity contribution in [1.82, 2.24) is 18.8 Å². The summed E-state index contributed by atoms with van der Waals surface area (Å²) in [6.07, 6.45) is 2.87. The number of morpholine rings is 1. The smallest absolute Gasteiger partial charge is 0.282 e. The molecule has 0 saturated carbocycles. The zero-order valence-corrected chi connectivity index (χ0v) is 16.0. The van der Waals surface area contributed by atoms with Gasteiger partial charge in [-0.25, -0.2) is 0 Å². The van der Waals surface area contributed by atoms with Crippen LogP contribution in [-0.4, -0.2) is 91.9 Å². The molecular formula is C16H30N4O4S. The number of rotatable bonds is 3. The Morgan fingerprint density at radius 3 is 2.20 bits per heavy atom. The molecule has 0 bridgehead atoms. The van der Waals surface area contributed by atoms with E-state index in [1.54, 1.807) is 4.90 Å². The van der Waals surface area contributed by atoms with Crippen LogP contribution >= 0.6 is 0 Å². The number of piperidine rings is 1. The summed E-state index contributed by atoms with van der Waals surface area (Å²) >= 11 is 0. The monoisotopic (exact) mass is 374 g/mol. The predicted octanol–water partition coefficient (Wildman–Crippen LogP) is -0.373. The summed E-state index contributed by atoms with van der Waals surface area (Å²) in [5.41, 5.74) is 0. The van der Waals surface area contributed by atoms with Crippen LogP contribution in [0, 0.1) is 0 Å². The molecule has 0 aromatic heterocycles. The van der Waals surface area contributed by atoms with Crippen LogP contribution in [0.2, 0.25) is 0 Å². The normalized spacial score (nSPS) is 33.4. The zero-order valence-electron chi connectivity index (χ0n) is 15.2. The van der Waals surface area contributed by atoms with Crippen molar-refractivity contribution >= 4 is 16.1 Å². The van der Waals surface area contributed by atoms with Gasteiger partial charge < -0.3 is 15.0 Å². The molecule has 3 heterocycles. The number of piperazine rings is 1. The zero-order chi connectivity index (χ0) is 18.0. The van der Waals surface area contributed by atoms with Gasteiger partial charge in [0.25, 0.3) is 10.2 Å². The quantitative estimate of drug-likeness (QED) is 0.729. The maximum absolute atomic E-state index is 12.9. The van der Waals surface area contributed by atoms with E-state index >= 15 is 0 Å². The fraction of sp³-hybridized carbons (Fsp3) is 0.938. The summed E-state index contributed by atoms with van der Waals surface area (Å²) in [5, 5.41) is 3.27. The van der Waals surface area contributed by atoms with Crippen molar-refractivity contribution in [1.29, 1.82) is 0 Å². The lowest BCUT2D eigenvalue weighted by atomic mass is 10.0. The molecule has 3 fully saturated rings. The van der Waals surface area contributed by atoms with Crippen molar-refractivity contribution in [3.8, 4) is 0 Å². The third-order valence-electron chi connectivity index (χ3n) is 5.20. The topological polar surface area (TPSA) is 82.2 Å². The molecule has 0 aromatic carbocycles. The summed E-state index contributed by atoms with van der Waals surface area (Å²) in [4.78, 5) is 14.4. The van der Waals surface area contributed by atoms with Gasteiger partial charge in [-0.3, -0.25) is 4.79 Å². The summed E-state index contributed by atoms with van der Waals surface area (Å²) in [6, 6.07) is -0.0992. The molecule has 3 aliphatic heterocycles. The molecule has 3 aliphatic rings. The minimum atomic E-state index is -3.49. The Bertz CT molecular complexity index is 561. The molecule has 9 heteroatoms. The molecule has 1 N–H and O–H groups in total. The second-order valence-electron chi connectivity index (χ2n) is 7.31. The van der Waals surface area contributed by atoms with Crippen LogP contribution in [0.1, 0.15) is 33.1 Å². The van der Waals surface area contributed by atoms with E-state index in [0.717, 1.165) is 25.8 Å². The first kappa shape index (κ1) is 19.0. The molecule has 3 unspecified atom stereocenters. The second-order valence-corrected chi connectivity index (χ2v) is 9.24. The van der Waals surface area contributed by atoms with E-state index in [1.807, 2.05) is 13.8 Å². The van der Waals surface area contributed by atoms with E-state index in [0.29, 0.717) is 39.3 Å². The highest BCUT2D eigenvalue weighted by molar-refractivity contribution is 7.86. The summed E-state index contributed by atoms with van der Waals surface area (Å²) in [7, 11) is -3.49. The highest BCUT2D eigenvalue weighted by atomic mass is 32.2. The van der Waals surface area contributed by atoms with Crippen molar-refractivity contribution in [3.05, 3.63) is 0 Å². The van der Waals surface area contributed by atoms with Crippen LogP contribution in [0.4, 0.5) is 0 Å². The Balaban J connectivity index is 1.56. The van der Waals surface area contributed by atoms with Crippen LogP contribution in [0.3, 0.4) is 0 Å². The van der Waals surface area contributed by atoms with Gasteiger partial charge in [0.15, 0.2) is 0 Å². The molecule has 3 saturated heterocycles. The van der Waals surface area contributed by atoms with Crippen molar-refractivity contribution < 1.29 is 17.9 Å². The lowest BCUT2D eigenvalue weighted by Crippen LogP contribution is -2.59. The van der Waals surface area contributed by atoms with E-state index < -0.39 is 10.2 Å². The average molecular weight is 375 g/mol. The first-order chi connectivity index (χ1) is 11.9. The molecule has 3 rings (SSSR count). The Morgan fingerprint density at radius 2 is 1.64 bits per heavy atom. The summed E-state index contributed by atoms with van der Waals surface area (Å²) < 4.78 is 34.4. The van der Waals surface area contributed by atoms with Gasteiger partial charge in [-0.1, -0.05) is 6.42 Å². The van der Waals surface area contributed by atoms with Gasteiger partial charge in [0.1, 0.15) is 0 Å². The molecule has 8 nitrogen and oxygen atoms in total. The van der Waals surface area contributed by atoms with Crippen molar-refractivity contribution in [2.45, 2.75) is 51.4 Å². The van der Waals surface area contributed by atoms with Crippen LogP contribution < -0.4 is 5.32 Å². The number of nitrogens with one attached hydrogen (secondary N) is 1. The van der Waals surface area contributed by atoms with E-state index in [2.05, 4.69) is 5.32 Å². The van der Waals surface area contributed by atoms with Crippen molar-refractivity contribution in [3.63, 3.8) is 0 Å². The molecule has 0 aliphatic carbocycles. The van der Waals surface area contributed by atoms with Crippen LogP contribution in [-0.2, 0) is 19.7 Å². The molecule has 1 amide bonds. The maximum Gasteiger partial charge on any atom is 0.282 e. The average Bonchev–Trinajstić information content (AvgIpc) is 2.61. The molecule has 0 aromatic rings. The van der Waals surface area contributed by atoms with Gasteiger partial charge in [-0.2, -0.15) is 17.0 Å². The molecule has 25 heavy (non-hydrogen) atoms. The second kappa shape index (κ2) is 7.87. The number of amides is 1. The standard InChI is InChI=1S/C16H30N4O4S/c1-13-11-20(12-14(2)24-13)25(22,23)19-9-7-18(8-10-19)16(21)15-5-3-4-6-17-15/h13-15,17H,3-12H2,1-2H3. The third-order valence-corrected chi connectivity index (χ3v) is 7.17. The molecular weight excluding hydrogens is 344 g/mol. The van der Waals surface area contributed by atoms with Gasteiger partial charge in [-0.05, 0) is 33.2 Å². The Labute approximate surface area is 150 Å². The Morgan fingerprint density at radius 1 is 1.00 bits per heavy atom. The lowest BCUT2D eigenvalue weighted by molar-refractivity contribution is -0.135. The largest absolute Gasteiger partial charge is 0.373 e. The van der Waals surface area contributed by atoms with Gasteiger partial charge >= 0.3 is 0 Å². The fourth-order valence-corrected chi connectivity index (χ4v) is 5.65. The van der Waals surface area contributed by atoms with E-state index in [-0.39, 0.29) is 24.2 Å². The minimum absolute atomic E-state index is 0.0984. The maximum atomic E-state index is 12.9.